The average molecular weight is 487 g/mol. The molecule has 1 aliphatic carbocycles. The predicted octanol–water partition coefficient (Wildman–Crippen LogP) is 5.40. The summed E-state index contributed by atoms with van der Waals surface area (Å²) in [5.41, 5.74) is 0.112. The van der Waals surface area contributed by atoms with E-state index in [1.165, 1.54) is 38.2 Å². The van der Waals surface area contributed by atoms with Gasteiger partial charge in [0.25, 0.3) is 0 Å². The molecule has 3 rings (SSSR count). The molecule has 2 atom stereocenters. The summed E-state index contributed by atoms with van der Waals surface area (Å²) in [6.45, 7) is 1.55. The van der Waals surface area contributed by atoms with Crippen LogP contribution < -0.4 is 9.47 Å². The molecule has 0 radical (unpaired) electrons. The maximum atomic E-state index is 13.5. The fourth-order valence-corrected chi connectivity index (χ4v) is 5.10. The van der Waals surface area contributed by atoms with Gasteiger partial charge < -0.3 is 19.5 Å². The van der Waals surface area contributed by atoms with Gasteiger partial charge in [-0.2, -0.15) is 13.2 Å². The van der Waals surface area contributed by atoms with Crippen molar-refractivity contribution in [1.29, 1.82) is 0 Å². The fourth-order valence-electron chi connectivity index (χ4n) is 4.24. The van der Waals surface area contributed by atoms with Crippen LogP contribution in [-0.4, -0.2) is 41.5 Å². The highest BCUT2D eigenvalue weighted by molar-refractivity contribution is 7.57. The summed E-state index contributed by atoms with van der Waals surface area (Å²) in [5, 5.41) is 10.1. The Hall–Kier alpha value is -2.09. The molecule has 1 fully saturated rings. The third-order valence-corrected chi connectivity index (χ3v) is 7.00. The van der Waals surface area contributed by atoms with Gasteiger partial charge in [-0.05, 0) is 72.9 Å². The Morgan fingerprint density at radius 2 is 1.88 bits per heavy atom. The normalized spacial score (nSPS) is 21.8. The Morgan fingerprint density at radius 1 is 1.18 bits per heavy atom. The third kappa shape index (κ3) is 7.19. The van der Waals surface area contributed by atoms with Crippen LogP contribution >= 0.6 is 7.37 Å². The van der Waals surface area contributed by atoms with Crippen molar-refractivity contribution in [3.63, 3.8) is 0 Å². The van der Waals surface area contributed by atoms with Crippen LogP contribution in [0.1, 0.15) is 54.4 Å². The van der Waals surface area contributed by atoms with Gasteiger partial charge in [-0.3, -0.25) is 4.57 Å². The van der Waals surface area contributed by atoms with Crippen LogP contribution in [0.25, 0.3) is 0 Å². The molecule has 0 spiro atoms. The van der Waals surface area contributed by atoms with E-state index in [1.54, 1.807) is 6.07 Å². The third-order valence-electron chi connectivity index (χ3n) is 5.97. The van der Waals surface area contributed by atoms with Crippen LogP contribution in [0.4, 0.5) is 13.2 Å². The highest BCUT2D eigenvalue weighted by Crippen LogP contribution is 2.43. The highest BCUT2D eigenvalue weighted by atomic mass is 31.2. The molecule has 2 N–H and O–H groups in total. The van der Waals surface area contributed by atoms with Crippen molar-refractivity contribution in [3.8, 4) is 11.6 Å². The number of nitrogens with zero attached hydrogens (tertiary/aromatic N) is 1. The van der Waals surface area contributed by atoms with Crippen molar-refractivity contribution in [1.82, 2.24) is 4.98 Å². The van der Waals surface area contributed by atoms with Crippen molar-refractivity contribution < 1.29 is 37.2 Å². The molecule has 1 unspecified atom stereocenters. The lowest BCUT2D eigenvalue weighted by molar-refractivity contribution is -0.138. The zero-order valence-electron chi connectivity index (χ0n) is 18.6. The zero-order valence-corrected chi connectivity index (χ0v) is 19.5. The van der Waals surface area contributed by atoms with Crippen molar-refractivity contribution in [2.24, 2.45) is 5.92 Å². The number of aliphatic hydroxyl groups is 1. The first-order valence-electron chi connectivity index (χ1n) is 10.8. The minimum atomic E-state index is -4.41. The van der Waals surface area contributed by atoms with Crippen molar-refractivity contribution >= 4 is 7.37 Å². The van der Waals surface area contributed by atoms with Crippen LogP contribution in [0, 0.1) is 5.92 Å². The van der Waals surface area contributed by atoms with Gasteiger partial charge in [-0.15, -0.1) is 0 Å². The summed E-state index contributed by atoms with van der Waals surface area (Å²) in [4.78, 5) is 13.6. The van der Waals surface area contributed by atoms with E-state index >= 15 is 0 Å². The number of halogens is 3. The molecule has 1 aromatic heterocycles. The van der Waals surface area contributed by atoms with Crippen LogP contribution in [0.3, 0.4) is 0 Å². The molecule has 10 heteroatoms. The molecule has 6 nitrogen and oxygen atoms in total. The summed E-state index contributed by atoms with van der Waals surface area (Å²) in [5.74, 6) is 0.680. The highest BCUT2D eigenvalue weighted by Gasteiger charge is 2.36. The number of pyridine rings is 1. The molecule has 1 aliphatic rings. The Labute approximate surface area is 191 Å². The van der Waals surface area contributed by atoms with Crippen LogP contribution in [0.15, 0.2) is 36.5 Å². The van der Waals surface area contributed by atoms with Gasteiger partial charge >= 0.3 is 6.18 Å². The van der Waals surface area contributed by atoms with Gasteiger partial charge in [0.1, 0.15) is 5.75 Å². The minimum Gasteiger partial charge on any atom is -0.497 e. The molecule has 0 bridgehead atoms. The number of aliphatic hydroxyl groups excluding tert-OH is 1. The number of benzene rings is 1. The molecule has 1 saturated carbocycles. The SMILES string of the molecule is COc1ccc(C(F)(F)F)c(C2CCC(COc3cc([C@H](O)CP(C)(=O)O)ccn3)CC2)c1. The fraction of sp³-hybridized carbons (Fsp3) is 0.522. The number of rotatable bonds is 8. The van der Waals surface area contributed by atoms with Crippen LogP contribution in [0.2, 0.25) is 0 Å². The molecule has 0 aliphatic heterocycles. The largest absolute Gasteiger partial charge is 0.497 e. The summed E-state index contributed by atoms with van der Waals surface area (Å²) >= 11 is 0. The van der Waals surface area contributed by atoms with Crippen molar-refractivity contribution in [2.45, 2.75) is 43.9 Å². The Morgan fingerprint density at radius 3 is 2.48 bits per heavy atom. The number of hydrogen-bond donors (Lipinski definition) is 2. The first-order chi connectivity index (χ1) is 15.5. The van der Waals surface area contributed by atoms with Gasteiger partial charge in [0.15, 0.2) is 0 Å². The second-order valence-corrected chi connectivity index (χ2v) is 11.1. The topological polar surface area (TPSA) is 88.9 Å². The Balaban J connectivity index is 1.59. The van der Waals surface area contributed by atoms with Gasteiger partial charge in [0.2, 0.25) is 13.2 Å². The Bertz CT molecular complexity index is 986. The summed E-state index contributed by atoms with van der Waals surface area (Å²) < 4.78 is 62.9. The predicted molar refractivity (Wildman–Crippen MR) is 118 cm³/mol. The molecule has 0 amide bonds. The molecule has 1 heterocycles. The van der Waals surface area contributed by atoms with Gasteiger partial charge in [-0.1, -0.05) is 0 Å². The molecule has 182 valence electrons. The lowest BCUT2D eigenvalue weighted by atomic mass is 9.77. The first-order valence-corrected chi connectivity index (χ1v) is 13.1. The second-order valence-electron chi connectivity index (χ2n) is 8.66. The van der Waals surface area contributed by atoms with E-state index in [0.29, 0.717) is 49.5 Å². The number of aromatic nitrogens is 1. The van der Waals surface area contributed by atoms with E-state index < -0.39 is 25.2 Å². The monoisotopic (exact) mass is 487 g/mol. The maximum absolute atomic E-state index is 13.5. The van der Waals surface area contributed by atoms with Gasteiger partial charge in [0, 0.05) is 18.9 Å². The number of alkyl halides is 3. The zero-order chi connectivity index (χ0) is 24.2. The number of ether oxygens (including phenoxy) is 2. The van der Waals surface area contributed by atoms with Gasteiger partial charge in [-0.25, -0.2) is 4.98 Å². The lowest BCUT2D eigenvalue weighted by Crippen LogP contribution is -2.21. The lowest BCUT2D eigenvalue weighted by Gasteiger charge is -2.30. The minimum absolute atomic E-state index is 0.171. The summed E-state index contributed by atoms with van der Waals surface area (Å²) in [7, 11) is -1.94. The molecule has 2 aromatic rings. The van der Waals surface area contributed by atoms with E-state index in [2.05, 4.69) is 4.98 Å². The van der Waals surface area contributed by atoms with E-state index in [0.717, 1.165) is 6.07 Å². The number of hydrogen-bond acceptors (Lipinski definition) is 5. The molecular formula is C23H29F3NO5P. The van der Waals surface area contributed by atoms with E-state index in [9.17, 15) is 27.7 Å². The Kier molecular flexibility index (Phi) is 8.08. The molecule has 1 aromatic carbocycles. The molecule has 0 saturated heterocycles. The van der Waals surface area contributed by atoms with Gasteiger partial charge in [0.05, 0.1) is 31.5 Å². The van der Waals surface area contributed by atoms with Crippen LogP contribution in [-0.2, 0) is 10.7 Å². The summed E-state index contributed by atoms with van der Waals surface area (Å²) in [6.07, 6.45) is -1.66. The van der Waals surface area contributed by atoms with E-state index in [1.807, 2.05) is 0 Å². The van der Waals surface area contributed by atoms with E-state index in [-0.39, 0.29) is 23.6 Å². The molecule has 33 heavy (non-hydrogen) atoms. The molecular weight excluding hydrogens is 458 g/mol. The van der Waals surface area contributed by atoms with E-state index in [4.69, 9.17) is 9.47 Å². The smallest absolute Gasteiger partial charge is 0.416 e. The van der Waals surface area contributed by atoms with Crippen molar-refractivity contribution in [3.05, 3.63) is 53.2 Å². The quantitative estimate of drug-likeness (QED) is 0.485. The second kappa shape index (κ2) is 10.5. The maximum Gasteiger partial charge on any atom is 0.416 e. The van der Waals surface area contributed by atoms with Crippen LogP contribution in [0.5, 0.6) is 11.6 Å². The first kappa shape index (κ1) is 25.5. The summed E-state index contributed by atoms with van der Waals surface area (Å²) in [6, 6.07) is 7.02. The van der Waals surface area contributed by atoms with Crippen molar-refractivity contribution in [2.75, 3.05) is 26.5 Å². The standard InChI is InChI=1S/C23H29F3NO5P/c1-31-18-7-8-20(23(24,25)26)19(12-18)16-5-3-15(4-6-16)13-32-22-11-17(9-10-27-22)21(28)14-33(2,29)30/h7-12,15-16,21,28H,3-6,13-14H2,1-2H3,(H,29,30)/t15?,16?,21-/m1/s1. The number of methoxy groups -OCH3 is 1. The average Bonchev–Trinajstić information content (AvgIpc) is 2.76.